The molecule has 0 spiro atoms. The molecule has 0 unspecified atom stereocenters. The molecule has 2 rings (SSSR count). The largest absolute Gasteiger partial charge is 0.397 e. The number of aryl methyl sites for hydroxylation is 1. The van der Waals surface area contributed by atoms with Crippen molar-refractivity contribution in [3.8, 4) is 0 Å². The number of aromatic nitrogens is 1. The SMILES string of the molecule is CCc1nc2c(N)cccc2s1. The summed E-state index contributed by atoms with van der Waals surface area (Å²) in [6.07, 6.45) is 0.985. The van der Waals surface area contributed by atoms with Crippen LogP contribution < -0.4 is 5.73 Å². The van der Waals surface area contributed by atoms with Crippen LogP contribution in [-0.2, 0) is 6.42 Å². The first-order chi connectivity index (χ1) is 5.81. The van der Waals surface area contributed by atoms with Crippen LogP contribution in [0.25, 0.3) is 10.2 Å². The molecule has 1 aromatic heterocycles. The summed E-state index contributed by atoms with van der Waals surface area (Å²) < 4.78 is 1.19. The fourth-order valence-corrected chi connectivity index (χ4v) is 2.11. The summed E-state index contributed by atoms with van der Waals surface area (Å²) in [5.74, 6) is 0. The second-order valence-electron chi connectivity index (χ2n) is 2.66. The number of anilines is 1. The fourth-order valence-electron chi connectivity index (χ4n) is 1.17. The van der Waals surface area contributed by atoms with Crippen molar-refractivity contribution in [3.63, 3.8) is 0 Å². The van der Waals surface area contributed by atoms with Gasteiger partial charge in [0.25, 0.3) is 0 Å². The molecular formula is C9H10N2S. The van der Waals surface area contributed by atoms with Gasteiger partial charge in [-0.1, -0.05) is 13.0 Å². The molecule has 0 saturated heterocycles. The van der Waals surface area contributed by atoms with Crippen LogP contribution in [0.2, 0.25) is 0 Å². The van der Waals surface area contributed by atoms with E-state index in [4.69, 9.17) is 5.73 Å². The maximum Gasteiger partial charge on any atom is 0.104 e. The molecule has 2 nitrogen and oxygen atoms in total. The average Bonchev–Trinajstić information content (AvgIpc) is 2.49. The lowest BCUT2D eigenvalue weighted by atomic mass is 10.3. The first-order valence-corrected chi connectivity index (χ1v) is 4.77. The molecule has 1 aromatic carbocycles. The van der Waals surface area contributed by atoms with Crippen LogP contribution in [0.4, 0.5) is 5.69 Å². The summed E-state index contributed by atoms with van der Waals surface area (Å²) in [6, 6.07) is 5.92. The predicted octanol–water partition coefficient (Wildman–Crippen LogP) is 2.44. The standard InChI is InChI=1S/C9H10N2S/c1-2-8-11-9-6(10)4-3-5-7(9)12-8/h3-5H,2,10H2,1H3. The molecule has 12 heavy (non-hydrogen) atoms. The Labute approximate surface area is 75.0 Å². The number of nitrogens with zero attached hydrogens (tertiary/aromatic N) is 1. The normalized spacial score (nSPS) is 10.8. The van der Waals surface area contributed by atoms with Crippen LogP contribution >= 0.6 is 11.3 Å². The zero-order chi connectivity index (χ0) is 8.55. The molecule has 0 atom stereocenters. The van der Waals surface area contributed by atoms with Gasteiger partial charge in [0.05, 0.1) is 15.4 Å². The molecule has 0 radical (unpaired) electrons. The second kappa shape index (κ2) is 2.75. The van der Waals surface area contributed by atoms with E-state index in [1.165, 1.54) is 4.70 Å². The molecular weight excluding hydrogens is 168 g/mol. The minimum Gasteiger partial charge on any atom is -0.397 e. The van der Waals surface area contributed by atoms with Crippen molar-refractivity contribution in [2.75, 3.05) is 5.73 Å². The third kappa shape index (κ3) is 1.06. The van der Waals surface area contributed by atoms with Gasteiger partial charge < -0.3 is 5.73 Å². The monoisotopic (exact) mass is 178 g/mol. The van der Waals surface area contributed by atoms with Gasteiger partial charge in [0.1, 0.15) is 5.52 Å². The van der Waals surface area contributed by atoms with Crippen molar-refractivity contribution in [2.45, 2.75) is 13.3 Å². The summed E-state index contributed by atoms with van der Waals surface area (Å²) in [6.45, 7) is 2.11. The van der Waals surface area contributed by atoms with E-state index in [0.29, 0.717) is 0 Å². The van der Waals surface area contributed by atoms with Gasteiger partial charge in [-0.3, -0.25) is 0 Å². The fraction of sp³-hybridized carbons (Fsp3) is 0.222. The van der Waals surface area contributed by atoms with Gasteiger partial charge in [0, 0.05) is 0 Å². The smallest absolute Gasteiger partial charge is 0.104 e. The van der Waals surface area contributed by atoms with E-state index in [2.05, 4.69) is 18.0 Å². The zero-order valence-corrected chi connectivity index (χ0v) is 7.69. The second-order valence-corrected chi connectivity index (χ2v) is 3.77. The highest BCUT2D eigenvalue weighted by molar-refractivity contribution is 7.18. The van der Waals surface area contributed by atoms with E-state index in [0.717, 1.165) is 22.6 Å². The summed E-state index contributed by atoms with van der Waals surface area (Å²) in [5, 5.41) is 1.16. The minimum absolute atomic E-state index is 0.781. The van der Waals surface area contributed by atoms with Crippen LogP contribution in [0.15, 0.2) is 18.2 Å². The van der Waals surface area contributed by atoms with Gasteiger partial charge in [-0.15, -0.1) is 11.3 Å². The van der Waals surface area contributed by atoms with Crippen LogP contribution in [0.3, 0.4) is 0 Å². The Morgan fingerprint density at radius 3 is 3.00 bits per heavy atom. The van der Waals surface area contributed by atoms with E-state index in [9.17, 15) is 0 Å². The molecule has 2 N–H and O–H groups in total. The molecule has 0 amide bonds. The number of nitrogens with two attached hydrogens (primary N) is 1. The highest BCUT2D eigenvalue weighted by Gasteiger charge is 2.03. The molecule has 62 valence electrons. The van der Waals surface area contributed by atoms with Gasteiger partial charge in [-0.05, 0) is 18.6 Å². The summed E-state index contributed by atoms with van der Waals surface area (Å²) in [7, 11) is 0. The van der Waals surface area contributed by atoms with Gasteiger partial charge in [-0.25, -0.2) is 4.98 Å². The van der Waals surface area contributed by atoms with Crippen LogP contribution in [0.1, 0.15) is 11.9 Å². The molecule has 0 aliphatic heterocycles. The van der Waals surface area contributed by atoms with Crippen LogP contribution in [0, 0.1) is 0 Å². The summed E-state index contributed by atoms with van der Waals surface area (Å²) in [5.41, 5.74) is 7.51. The van der Waals surface area contributed by atoms with Crippen molar-refractivity contribution in [2.24, 2.45) is 0 Å². The van der Waals surface area contributed by atoms with E-state index < -0.39 is 0 Å². The minimum atomic E-state index is 0.781. The van der Waals surface area contributed by atoms with E-state index in [-0.39, 0.29) is 0 Å². The first-order valence-electron chi connectivity index (χ1n) is 3.95. The lowest BCUT2D eigenvalue weighted by Gasteiger charge is -1.90. The Kier molecular flexibility index (Phi) is 1.73. The van der Waals surface area contributed by atoms with Gasteiger partial charge in [0.15, 0.2) is 0 Å². The van der Waals surface area contributed by atoms with E-state index in [1.807, 2.05) is 12.1 Å². The highest BCUT2D eigenvalue weighted by Crippen LogP contribution is 2.26. The van der Waals surface area contributed by atoms with Gasteiger partial charge in [0.2, 0.25) is 0 Å². The third-order valence-electron chi connectivity index (χ3n) is 1.80. The first kappa shape index (κ1) is 7.55. The Morgan fingerprint density at radius 1 is 1.50 bits per heavy atom. The zero-order valence-electron chi connectivity index (χ0n) is 6.87. The maximum atomic E-state index is 5.77. The van der Waals surface area contributed by atoms with Crippen molar-refractivity contribution in [3.05, 3.63) is 23.2 Å². The molecule has 3 heteroatoms. The third-order valence-corrected chi connectivity index (χ3v) is 2.96. The quantitative estimate of drug-likeness (QED) is 0.681. The van der Waals surface area contributed by atoms with Gasteiger partial charge in [-0.2, -0.15) is 0 Å². The molecule has 2 aromatic rings. The lowest BCUT2D eigenvalue weighted by molar-refractivity contribution is 1.11. The predicted molar refractivity (Wildman–Crippen MR) is 53.4 cm³/mol. The summed E-state index contributed by atoms with van der Waals surface area (Å²) >= 11 is 1.72. The number of benzene rings is 1. The number of para-hydroxylation sites is 1. The highest BCUT2D eigenvalue weighted by atomic mass is 32.1. The number of fused-ring (bicyclic) bond motifs is 1. The summed E-state index contributed by atoms with van der Waals surface area (Å²) in [4.78, 5) is 4.42. The molecule has 0 fully saturated rings. The lowest BCUT2D eigenvalue weighted by Crippen LogP contribution is -1.85. The Hall–Kier alpha value is -1.09. The average molecular weight is 178 g/mol. The molecule has 1 heterocycles. The van der Waals surface area contributed by atoms with Crippen LogP contribution in [-0.4, -0.2) is 4.98 Å². The molecule has 0 aliphatic rings. The van der Waals surface area contributed by atoms with Crippen molar-refractivity contribution in [1.29, 1.82) is 0 Å². The van der Waals surface area contributed by atoms with Crippen molar-refractivity contribution < 1.29 is 0 Å². The van der Waals surface area contributed by atoms with Crippen molar-refractivity contribution >= 4 is 27.2 Å². The van der Waals surface area contributed by atoms with Gasteiger partial charge >= 0.3 is 0 Å². The number of nitrogen functional groups attached to an aromatic ring is 1. The van der Waals surface area contributed by atoms with E-state index in [1.54, 1.807) is 11.3 Å². The Bertz CT molecular complexity index is 406. The Balaban J connectivity index is 2.74. The molecule has 0 aliphatic carbocycles. The molecule has 0 bridgehead atoms. The maximum absolute atomic E-state index is 5.77. The number of rotatable bonds is 1. The topological polar surface area (TPSA) is 38.9 Å². The number of hydrogen-bond donors (Lipinski definition) is 1. The Morgan fingerprint density at radius 2 is 2.33 bits per heavy atom. The van der Waals surface area contributed by atoms with Crippen molar-refractivity contribution in [1.82, 2.24) is 4.98 Å². The number of hydrogen-bond acceptors (Lipinski definition) is 3. The number of thiazole rings is 1. The van der Waals surface area contributed by atoms with E-state index >= 15 is 0 Å². The molecule has 0 saturated carbocycles. The van der Waals surface area contributed by atoms with Crippen LogP contribution in [0.5, 0.6) is 0 Å².